The van der Waals surface area contributed by atoms with Crippen LogP contribution in [0, 0.1) is 17.1 Å². The van der Waals surface area contributed by atoms with E-state index in [9.17, 15) is 9.50 Å². The average molecular weight is 262 g/mol. The van der Waals surface area contributed by atoms with Gasteiger partial charge in [0.25, 0.3) is 0 Å². The van der Waals surface area contributed by atoms with Crippen molar-refractivity contribution in [1.82, 2.24) is 4.90 Å². The number of benzene rings is 1. The van der Waals surface area contributed by atoms with E-state index in [0.29, 0.717) is 12.1 Å². The number of halogens is 1. The van der Waals surface area contributed by atoms with Crippen LogP contribution < -0.4 is 0 Å². The maximum Gasteiger partial charge on any atom is 0.124 e. The van der Waals surface area contributed by atoms with E-state index in [4.69, 9.17) is 5.26 Å². The monoisotopic (exact) mass is 262 g/mol. The van der Waals surface area contributed by atoms with Gasteiger partial charge in [-0.25, -0.2) is 4.39 Å². The Morgan fingerprint density at radius 1 is 1.53 bits per heavy atom. The second kappa shape index (κ2) is 6.14. The number of hydrogen-bond acceptors (Lipinski definition) is 3. The van der Waals surface area contributed by atoms with Gasteiger partial charge in [-0.2, -0.15) is 5.26 Å². The predicted molar refractivity (Wildman–Crippen MR) is 70.8 cm³/mol. The molecule has 1 heterocycles. The van der Waals surface area contributed by atoms with Crippen molar-refractivity contribution in [3.63, 3.8) is 0 Å². The quantitative estimate of drug-likeness (QED) is 0.910. The molecule has 0 spiro atoms. The molecule has 0 radical (unpaired) electrons. The van der Waals surface area contributed by atoms with Gasteiger partial charge in [0, 0.05) is 12.6 Å². The molecule has 102 valence electrons. The van der Waals surface area contributed by atoms with Crippen LogP contribution in [-0.2, 0) is 6.54 Å². The van der Waals surface area contributed by atoms with E-state index in [2.05, 4.69) is 4.90 Å². The number of rotatable bonds is 3. The Morgan fingerprint density at radius 2 is 2.32 bits per heavy atom. The summed E-state index contributed by atoms with van der Waals surface area (Å²) in [5.41, 5.74) is 1.21. The van der Waals surface area contributed by atoms with Crippen LogP contribution in [-0.4, -0.2) is 28.7 Å². The minimum Gasteiger partial charge on any atom is -0.392 e. The van der Waals surface area contributed by atoms with Gasteiger partial charge in [0.05, 0.1) is 17.7 Å². The lowest BCUT2D eigenvalue weighted by Crippen LogP contribution is -2.45. The molecular formula is C15H19FN2O. The summed E-state index contributed by atoms with van der Waals surface area (Å²) in [7, 11) is 0. The third kappa shape index (κ3) is 3.31. The summed E-state index contributed by atoms with van der Waals surface area (Å²) in [5.74, 6) is -0.383. The Hall–Kier alpha value is -1.44. The number of likely N-dealkylation sites (tertiary alicyclic amines) is 1. The van der Waals surface area contributed by atoms with Crippen molar-refractivity contribution < 1.29 is 9.50 Å². The average Bonchev–Trinajstić information content (AvgIpc) is 2.41. The van der Waals surface area contributed by atoms with Gasteiger partial charge in [0.1, 0.15) is 5.82 Å². The van der Waals surface area contributed by atoms with Crippen molar-refractivity contribution in [2.75, 3.05) is 6.54 Å². The number of nitrogens with zero attached hydrogens (tertiary/aromatic N) is 2. The van der Waals surface area contributed by atoms with Crippen molar-refractivity contribution in [2.45, 2.75) is 44.9 Å². The molecule has 4 heteroatoms. The van der Waals surface area contributed by atoms with Gasteiger partial charge in [-0.05, 0) is 44.0 Å². The maximum absolute atomic E-state index is 13.1. The SMILES string of the molecule is C[C@@H](O)[C@H]1CCCCN1Cc1ccc(F)cc1C#N. The summed E-state index contributed by atoms with van der Waals surface area (Å²) in [6.45, 7) is 3.31. The molecule has 2 atom stereocenters. The standard InChI is InChI=1S/C15H19FN2O/c1-11(19)15-4-2-3-7-18(15)10-12-5-6-14(16)8-13(12)9-17/h5-6,8,11,15,19H,2-4,7,10H2,1H3/t11-,15-/m1/s1. The third-order valence-corrected chi connectivity index (χ3v) is 3.79. The van der Waals surface area contributed by atoms with E-state index in [1.807, 2.05) is 6.07 Å². The lowest BCUT2D eigenvalue weighted by atomic mass is 9.96. The molecule has 2 rings (SSSR count). The normalized spacial score (nSPS) is 21.9. The molecule has 0 amide bonds. The van der Waals surface area contributed by atoms with Crippen LogP contribution in [0.1, 0.15) is 37.3 Å². The molecule has 1 aliphatic rings. The lowest BCUT2D eigenvalue weighted by molar-refractivity contribution is 0.0316. The second-order valence-corrected chi connectivity index (χ2v) is 5.19. The lowest BCUT2D eigenvalue weighted by Gasteiger charge is -2.37. The highest BCUT2D eigenvalue weighted by atomic mass is 19.1. The van der Waals surface area contributed by atoms with Crippen LogP contribution in [0.3, 0.4) is 0 Å². The van der Waals surface area contributed by atoms with Gasteiger partial charge < -0.3 is 5.11 Å². The van der Waals surface area contributed by atoms with Crippen LogP contribution in [0.2, 0.25) is 0 Å². The Labute approximate surface area is 113 Å². The van der Waals surface area contributed by atoms with E-state index in [0.717, 1.165) is 31.4 Å². The van der Waals surface area contributed by atoms with Crippen LogP contribution in [0.5, 0.6) is 0 Å². The van der Waals surface area contributed by atoms with Crippen molar-refractivity contribution in [2.24, 2.45) is 0 Å². The van der Waals surface area contributed by atoms with Crippen LogP contribution in [0.4, 0.5) is 4.39 Å². The largest absolute Gasteiger partial charge is 0.392 e. The zero-order valence-electron chi connectivity index (χ0n) is 11.1. The molecule has 0 aromatic heterocycles. The molecule has 1 aromatic rings. The molecule has 1 aliphatic heterocycles. The number of hydrogen-bond donors (Lipinski definition) is 1. The van der Waals surface area contributed by atoms with Gasteiger partial charge in [-0.15, -0.1) is 0 Å². The molecule has 3 nitrogen and oxygen atoms in total. The summed E-state index contributed by atoms with van der Waals surface area (Å²) in [6, 6.07) is 6.50. The van der Waals surface area contributed by atoms with Gasteiger partial charge in [0.15, 0.2) is 0 Å². The first kappa shape index (κ1) is 14.0. The van der Waals surface area contributed by atoms with E-state index in [-0.39, 0.29) is 18.0 Å². The number of nitriles is 1. The molecule has 0 saturated carbocycles. The molecule has 1 saturated heterocycles. The highest BCUT2D eigenvalue weighted by Gasteiger charge is 2.26. The van der Waals surface area contributed by atoms with Gasteiger partial charge in [-0.3, -0.25) is 4.90 Å². The van der Waals surface area contributed by atoms with Crippen molar-refractivity contribution in [3.8, 4) is 6.07 Å². The molecule has 0 unspecified atom stereocenters. The Morgan fingerprint density at radius 3 is 3.00 bits per heavy atom. The fourth-order valence-corrected chi connectivity index (χ4v) is 2.77. The summed E-state index contributed by atoms with van der Waals surface area (Å²) < 4.78 is 13.1. The second-order valence-electron chi connectivity index (χ2n) is 5.19. The first-order valence-corrected chi connectivity index (χ1v) is 6.72. The molecule has 1 fully saturated rings. The fourth-order valence-electron chi connectivity index (χ4n) is 2.77. The molecule has 1 N–H and O–H groups in total. The minimum atomic E-state index is -0.383. The number of aliphatic hydroxyl groups excluding tert-OH is 1. The molecule has 0 bridgehead atoms. The van der Waals surface area contributed by atoms with Crippen LogP contribution >= 0.6 is 0 Å². The zero-order chi connectivity index (χ0) is 13.8. The first-order chi connectivity index (χ1) is 9.11. The highest BCUT2D eigenvalue weighted by Crippen LogP contribution is 2.23. The molecule has 1 aromatic carbocycles. The predicted octanol–water partition coefficient (Wildman–Crippen LogP) is 2.43. The Bertz CT molecular complexity index is 482. The minimum absolute atomic E-state index is 0.130. The van der Waals surface area contributed by atoms with E-state index in [1.165, 1.54) is 12.1 Å². The van der Waals surface area contributed by atoms with Gasteiger partial charge in [-0.1, -0.05) is 12.5 Å². The van der Waals surface area contributed by atoms with E-state index < -0.39 is 0 Å². The van der Waals surface area contributed by atoms with Crippen LogP contribution in [0.15, 0.2) is 18.2 Å². The Balaban J connectivity index is 2.17. The first-order valence-electron chi connectivity index (χ1n) is 6.72. The summed E-state index contributed by atoms with van der Waals surface area (Å²) in [5, 5.41) is 18.9. The van der Waals surface area contributed by atoms with Crippen molar-refractivity contribution >= 4 is 0 Å². The highest BCUT2D eigenvalue weighted by molar-refractivity contribution is 5.37. The van der Waals surface area contributed by atoms with E-state index >= 15 is 0 Å². The van der Waals surface area contributed by atoms with Crippen molar-refractivity contribution in [3.05, 3.63) is 35.1 Å². The van der Waals surface area contributed by atoms with Gasteiger partial charge in [0.2, 0.25) is 0 Å². The molecule has 19 heavy (non-hydrogen) atoms. The summed E-state index contributed by atoms with van der Waals surface area (Å²) in [6.07, 6.45) is 2.82. The summed E-state index contributed by atoms with van der Waals surface area (Å²) >= 11 is 0. The Kier molecular flexibility index (Phi) is 4.52. The summed E-state index contributed by atoms with van der Waals surface area (Å²) in [4.78, 5) is 2.20. The molecule has 0 aliphatic carbocycles. The van der Waals surface area contributed by atoms with Crippen LogP contribution in [0.25, 0.3) is 0 Å². The van der Waals surface area contributed by atoms with Gasteiger partial charge >= 0.3 is 0 Å². The van der Waals surface area contributed by atoms with E-state index in [1.54, 1.807) is 13.0 Å². The molecular weight excluding hydrogens is 243 g/mol. The smallest absolute Gasteiger partial charge is 0.124 e. The number of aliphatic hydroxyl groups is 1. The topological polar surface area (TPSA) is 47.3 Å². The maximum atomic E-state index is 13.1. The van der Waals surface area contributed by atoms with Crippen molar-refractivity contribution in [1.29, 1.82) is 5.26 Å². The third-order valence-electron chi connectivity index (χ3n) is 3.79. The zero-order valence-corrected chi connectivity index (χ0v) is 11.1. The number of piperidine rings is 1. The fraction of sp³-hybridized carbons (Fsp3) is 0.533.